The Hall–Kier alpha value is -3.73. The third-order valence-electron chi connectivity index (χ3n) is 5.11. The normalized spacial score (nSPS) is 14.2. The lowest BCUT2D eigenvalue weighted by molar-refractivity contribution is -0.137. The van der Waals surface area contributed by atoms with Gasteiger partial charge in [-0.2, -0.15) is 13.2 Å². The molecule has 0 unspecified atom stereocenters. The van der Waals surface area contributed by atoms with E-state index < -0.39 is 23.5 Å². The van der Waals surface area contributed by atoms with Crippen molar-refractivity contribution in [1.29, 1.82) is 0 Å². The van der Waals surface area contributed by atoms with Gasteiger partial charge >= 0.3 is 12.1 Å². The second-order valence-electron chi connectivity index (χ2n) is 7.39. The molecule has 33 heavy (non-hydrogen) atoms. The summed E-state index contributed by atoms with van der Waals surface area (Å²) in [6, 6.07) is 8.23. The van der Waals surface area contributed by atoms with Crippen molar-refractivity contribution in [3.8, 4) is 11.3 Å². The van der Waals surface area contributed by atoms with Gasteiger partial charge in [-0.15, -0.1) is 0 Å². The summed E-state index contributed by atoms with van der Waals surface area (Å²) in [5, 5.41) is 15.4. The van der Waals surface area contributed by atoms with E-state index in [2.05, 4.69) is 20.6 Å². The number of carbonyl (C=O) groups is 1. The van der Waals surface area contributed by atoms with Crippen LogP contribution in [0.4, 0.5) is 34.9 Å². The number of pyridine rings is 2. The number of benzene rings is 1. The van der Waals surface area contributed by atoms with Gasteiger partial charge in [0.2, 0.25) is 0 Å². The molecule has 0 atom stereocenters. The highest BCUT2D eigenvalue weighted by Gasteiger charge is 2.31. The van der Waals surface area contributed by atoms with E-state index >= 15 is 0 Å². The molecule has 3 N–H and O–H groups in total. The molecule has 1 aliphatic rings. The highest BCUT2D eigenvalue weighted by Crippen LogP contribution is 2.32. The van der Waals surface area contributed by atoms with Crippen LogP contribution in [0.3, 0.4) is 0 Å². The summed E-state index contributed by atoms with van der Waals surface area (Å²) in [7, 11) is 0. The Labute approximate surface area is 186 Å². The van der Waals surface area contributed by atoms with Crippen LogP contribution >= 0.6 is 0 Å². The third-order valence-corrected chi connectivity index (χ3v) is 5.11. The molecule has 3 heterocycles. The maximum atomic E-state index is 14.2. The molecular formula is C22H19F4N5O2. The van der Waals surface area contributed by atoms with Crippen LogP contribution in [-0.2, 0) is 6.18 Å². The molecule has 0 spiro atoms. The summed E-state index contributed by atoms with van der Waals surface area (Å²) < 4.78 is 52.5. The fraction of sp³-hybridized carbons (Fsp3) is 0.227. The van der Waals surface area contributed by atoms with Gasteiger partial charge in [0, 0.05) is 37.9 Å². The molecule has 4 rings (SSSR count). The Morgan fingerprint density at radius 2 is 1.85 bits per heavy atom. The lowest BCUT2D eigenvalue weighted by atomic mass is 10.1. The monoisotopic (exact) mass is 461 g/mol. The number of rotatable bonds is 5. The van der Waals surface area contributed by atoms with E-state index in [9.17, 15) is 27.5 Å². The zero-order valence-corrected chi connectivity index (χ0v) is 17.2. The van der Waals surface area contributed by atoms with Crippen LogP contribution in [0.1, 0.15) is 15.9 Å². The number of carboxylic acids is 1. The molecule has 0 radical (unpaired) electrons. The largest absolute Gasteiger partial charge is 0.478 e. The van der Waals surface area contributed by atoms with E-state index in [-0.39, 0.29) is 17.1 Å². The predicted molar refractivity (Wildman–Crippen MR) is 114 cm³/mol. The molecule has 0 amide bonds. The highest BCUT2D eigenvalue weighted by atomic mass is 19.4. The van der Waals surface area contributed by atoms with Gasteiger partial charge in [0.15, 0.2) is 0 Å². The van der Waals surface area contributed by atoms with Crippen molar-refractivity contribution in [3.63, 3.8) is 0 Å². The van der Waals surface area contributed by atoms with Gasteiger partial charge in [-0.1, -0.05) is 0 Å². The Morgan fingerprint density at radius 1 is 1.09 bits per heavy atom. The smallest absolute Gasteiger partial charge is 0.416 e. The van der Waals surface area contributed by atoms with Crippen LogP contribution < -0.4 is 15.5 Å². The summed E-state index contributed by atoms with van der Waals surface area (Å²) >= 11 is 0. The Bertz CT molecular complexity index is 1180. The number of hydrogen-bond donors (Lipinski definition) is 3. The van der Waals surface area contributed by atoms with Crippen molar-refractivity contribution >= 4 is 23.3 Å². The van der Waals surface area contributed by atoms with Gasteiger partial charge < -0.3 is 20.6 Å². The van der Waals surface area contributed by atoms with E-state index in [1.54, 1.807) is 6.07 Å². The number of carboxylic acid groups (broad SMARTS) is 1. The molecule has 1 aliphatic heterocycles. The first-order valence-electron chi connectivity index (χ1n) is 10.0. The van der Waals surface area contributed by atoms with E-state index in [4.69, 9.17) is 0 Å². The number of nitrogens with zero attached hydrogens (tertiary/aromatic N) is 3. The van der Waals surface area contributed by atoms with Crippen molar-refractivity contribution in [3.05, 3.63) is 65.6 Å². The molecule has 7 nitrogen and oxygen atoms in total. The summed E-state index contributed by atoms with van der Waals surface area (Å²) in [6.07, 6.45) is -3.24. The van der Waals surface area contributed by atoms with E-state index in [1.165, 1.54) is 24.4 Å². The molecule has 0 aliphatic carbocycles. The van der Waals surface area contributed by atoms with Gasteiger partial charge in [-0.3, -0.25) is 0 Å². The molecule has 3 aromatic rings. The first-order valence-corrected chi connectivity index (χ1v) is 10.0. The minimum absolute atomic E-state index is 0.0636. The first kappa shape index (κ1) is 22.5. The lowest BCUT2D eigenvalue weighted by Gasteiger charge is -2.29. The van der Waals surface area contributed by atoms with Gasteiger partial charge in [-0.25, -0.2) is 19.2 Å². The summed E-state index contributed by atoms with van der Waals surface area (Å²) in [5.41, 5.74) is -0.321. The Morgan fingerprint density at radius 3 is 2.52 bits per heavy atom. The van der Waals surface area contributed by atoms with E-state index in [0.29, 0.717) is 36.2 Å². The number of halogens is 4. The zero-order valence-electron chi connectivity index (χ0n) is 17.2. The number of piperazine rings is 1. The van der Waals surface area contributed by atoms with Crippen molar-refractivity contribution in [2.45, 2.75) is 6.18 Å². The van der Waals surface area contributed by atoms with Crippen LogP contribution in [0.15, 0.2) is 48.7 Å². The average Bonchev–Trinajstić information content (AvgIpc) is 2.80. The van der Waals surface area contributed by atoms with Crippen LogP contribution in [0.2, 0.25) is 0 Å². The van der Waals surface area contributed by atoms with Gasteiger partial charge in [0.1, 0.15) is 17.5 Å². The van der Waals surface area contributed by atoms with Gasteiger partial charge in [0.05, 0.1) is 22.5 Å². The fourth-order valence-electron chi connectivity index (χ4n) is 3.43. The molecule has 0 saturated carbocycles. The number of anilines is 3. The number of aromatic nitrogens is 2. The summed E-state index contributed by atoms with van der Waals surface area (Å²) in [4.78, 5) is 22.3. The molecule has 1 saturated heterocycles. The predicted octanol–water partition coefficient (Wildman–Crippen LogP) is 4.15. The molecule has 2 aromatic heterocycles. The number of alkyl halides is 3. The number of hydrogen-bond acceptors (Lipinski definition) is 6. The topological polar surface area (TPSA) is 90.4 Å². The molecule has 1 fully saturated rings. The minimum Gasteiger partial charge on any atom is -0.478 e. The van der Waals surface area contributed by atoms with Crippen LogP contribution in [-0.4, -0.2) is 47.2 Å². The van der Waals surface area contributed by atoms with Crippen LogP contribution in [0.5, 0.6) is 0 Å². The van der Waals surface area contributed by atoms with Crippen molar-refractivity contribution < 1.29 is 27.5 Å². The molecule has 0 bridgehead atoms. The van der Waals surface area contributed by atoms with Crippen molar-refractivity contribution in [2.75, 3.05) is 36.4 Å². The maximum Gasteiger partial charge on any atom is 0.416 e. The highest BCUT2D eigenvalue weighted by molar-refractivity contribution is 5.90. The zero-order chi connectivity index (χ0) is 23.6. The summed E-state index contributed by atoms with van der Waals surface area (Å²) in [5.74, 6) is -1.50. The van der Waals surface area contributed by atoms with Crippen molar-refractivity contribution in [1.82, 2.24) is 15.3 Å². The number of aromatic carboxylic acids is 1. The quantitative estimate of drug-likeness (QED) is 0.492. The first-order chi connectivity index (χ1) is 15.7. The second-order valence-corrected chi connectivity index (χ2v) is 7.39. The van der Waals surface area contributed by atoms with Crippen LogP contribution in [0, 0.1) is 5.82 Å². The van der Waals surface area contributed by atoms with Crippen LogP contribution in [0.25, 0.3) is 11.3 Å². The second kappa shape index (κ2) is 9.02. The Kier molecular flexibility index (Phi) is 6.14. The third kappa shape index (κ3) is 5.20. The minimum atomic E-state index is -4.65. The molecule has 172 valence electrons. The summed E-state index contributed by atoms with van der Waals surface area (Å²) in [6.45, 7) is 2.84. The van der Waals surface area contributed by atoms with Crippen molar-refractivity contribution in [2.24, 2.45) is 0 Å². The number of nitrogens with one attached hydrogen (secondary N) is 2. The maximum absolute atomic E-state index is 14.2. The fourth-order valence-corrected chi connectivity index (χ4v) is 3.43. The standard InChI is InChI=1S/C22H19F4N5O2/c23-16-12-15(22(24,25)26)1-2-17(16)29-19-10-13(3-4-28-19)18-9-14(21(32)33)11-20(30-18)31-7-5-27-6-8-31/h1-4,9-12,27H,5-8H2,(H,28,29)(H,32,33). The lowest BCUT2D eigenvalue weighted by Crippen LogP contribution is -2.44. The molecular weight excluding hydrogens is 442 g/mol. The molecule has 11 heteroatoms. The Balaban J connectivity index is 1.65. The van der Waals surface area contributed by atoms with Gasteiger partial charge in [-0.05, 0) is 42.5 Å². The van der Waals surface area contributed by atoms with E-state index in [1.807, 2.05) is 4.90 Å². The average molecular weight is 461 g/mol. The van der Waals surface area contributed by atoms with Gasteiger partial charge in [0.25, 0.3) is 0 Å². The molecule has 1 aromatic carbocycles. The van der Waals surface area contributed by atoms with E-state index in [0.717, 1.165) is 25.2 Å². The SMILES string of the molecule is O=C(O)c1cc(-c2ccnc(Nc3ccc(C(F)(F)F)cc3F)c2)nc(N2CCNCC2)c1.